The van der Waals surface area contributed by atoms with E-state index in [1.54, 1.807) is 12.1 Å². The monoisotopic (exact) mass is 572 g/mol. The van der Waals surface area contributed by atoms with Crippen molar-refractivity contribution in [1.82, 2.24) is 15.1 Å². The van der Waals surface area contributed by atoms with E-state index in [1.807, 2.05) is 42.5 Å². The molecule has 2 aliphatic rings. The molecule has 3 amide bonds. The first-order valence-corrected chi connectivity index (χ1v) is 14.4. The zero-order valence-corrected chi connectivity index (χ0v) is 23.3. The molecule has 0 aliphatic carbocycles. The number of carbonyl (C=O) groups is 4. The Morgan fingerprint density at radius 3 is 2.19 bits per heavy atom. The molecule has 0 aromatic heterocycles. The number of carboxylic acids is 1. The molecule has 4 atom stereocenters. The van der Waals surface area contributed by atoms with Gasteiger partial charge < -0.3 is 31.1 Å². The van der Waals surface area contributed by atoms with Gasteiger partial charge in [0.15, 0.2) is 0 Å². The summed E-state index contributed by atoms with van der Waals surface area (Å²) >= 11 is 0. The summed E-state index contributed by atoms with van der Waals surface area (Å²) in [5, 5.41) is 24.1. The predicted octanol–water partition coefficient (Wildman–Crippen LogP) is 2.21. The number of nitrogens with one attached hydrogen (secondary N) is 1. The second-order valence-electron chi connectivity index (χ2n) is 11.1. The number of carboxylic acid groups (broad SMARTS) is 1. The molecule has 2 aliphatic heterocycles. The summed E-state index contributed by atoms with van der Waals surface area (Å²) in [6.45, 7) is 0.674. The van der Waals surface area contributed by atoms with Crippen molar-refractivity contribution in [3.05, 3.63) is 77.9 Å². The van der Waals surface area contributed by atoms with Gasteiger partial charge in [0, 0.05) is 19.5 Å². The number of hydrogen-bond acceptors (Lipinski definition) is 6. The molecule has 0 unspecified atom stereocenters. The largest absolute Gasteiger partial charge is 0.508 e. The highest BCUT2D eigenvalue weighted by molar-refractivity contribution is 5.95. The van der Waals surface area contributed by atoms with Gasteiger partial charge in [0.2, 0.25) is 17.7 Å². The van der Waals surface area contributed by atoms with Gasteiger partial charge in [-0.15, -0.1) is 0 Å². The van der Waals surface area contributed by atoms with Crippen LogP contribution in [0.5, 0.6) is 5.75 Å². The number of phenolic OH excluding ortho intramolecular Hbond substituents is 1. The van der Waals surface area contributed by atoms with E-state index in [2.05, 4.69) is 5.32 Å². The fraction of sp³-hybridized carbons (Fsp3) is 0.375. The van der Waals surface area contributed by atoms with Gasteiger partial charge in [0.05, 0.1) is 6.04 Å². The summed E-state index contributed by atoms with van der Waals surface area (Å²) in [5.74, 6) is -2.20. The molecule has 5 rings (SSSR count). The molecule has 0 saturated carbocycles. The maximum atomic E-state index is 13.8. The van der Waals surface area contributed by atoms with Crippen LogP contribution in [0.25, 0.3) is 10.8 Å². The number of aromatic hydroxyl groups is 1. The standard InChI is InChI=1S/C32H36N4O6/c33-25(18-20-12-14-23(37)15-13-20)30(39)35-16-4-10-27(35)29(38)34-26(31(40)36-17-5-11-28(36)32(41)42)19-22-8-3-7-21-6-1-2-9-24(21)22/h1-3,6-9,12-15,25-28,37H,4-5,10-11,16-19,33H2,(H,34,38)(H,41,42)/t25-,26+,27-,28-/m0/s1. The van der Waals surface area contributed by atoms with Gasteiger partial charge >= 0.3 is 5.97 Å². The van der Waals surface area contributed by atoms with Crippen LogP contribution in [0, 0.1) is 0 Å². The number of likely N-dealkylation sites (tertiary alicyclic amines) is 2. The molecule has 5 N–H and O–H groups in total. The zero-order chi connectivity index (χ0) is 29.8. The molecule has 0 radical (unpaired) electrons. The first kappa shape index (κ1) is 29.1. The molecule has 0 bridgehead atoms. The Labute approximate surface area is 244 Å². The number of carbonyl (C=O) groups excluding carboxylic acids is 3. The van der Waals surface area contributed by atoms with Gasteiger partial charge in [0.25, 0.3) is 0 Å². The van der Waals surface area contributed by atoms with E-state index < -0.39 is 42.0 Å². The summed E-state index contributed by atoms with van der Waals surface area (Å²) in [7, 11) is 0. The van der Waals surface area contributed by atoms with Gasteiger partial charge in [-0.3, -0.25) is 14.4 Å². The predicted molar refractivity (Wildman–Crippen MR) is 156 cm³/mol. The lowest BCUT2D eigenvalue weighted by molar-refractivity contribution is -0.149. The lowest BCUT2D eigenvalue weighted by Crippen LogP contribution is -2.57. The SMILES string of the molecule is N[C@@H](Cc1ccc(O)cc1)C(=O)N1CCC[C@H]1C(=O)N[C@H](Cc1cccc2ccccc12)C(=O)N1CCC[C@H]1C(=O)O. The summed E-state index contributed by atoms with van der Waals surface area (Å²) < 4.78 is 0. The van der Waals surface area contributed by atoms with E-state index in [0.29, 0.717) is 38.8 Å². The van der Waals surface area contributed by atoms with Crippen LogP contribution in [0.15, 0.2) is 66.7 Å². The maximum Gasteiger partial charge on any atom is 0.326 e. The Morgan fingerprint density at radius 1 is 0.833 bits per heavy atom. The molecule has 0 spiro atoms. The van der Waals surface area contributed by atoms with E-state index in [9.17, 15) is 29.4 Å². The van der Waals surface area contributed by atoms with Crippen LogP contribution < -0.4 is 11.1 Å². The van der Waals surface area contributed by atoms with Crippen molar-refractivity contribution >= 4 is 34.5 Å². The number of nitrogens with zero attached hydrogens (tertiary/aromatic N) is 2. The lowest BCUT2D eigenvalue weighted by Gasteiger charge is -2.31. The summed E-state index contributed by atoms with van der Waals surface area (Å²) in [6, 6.07) is 16.4. The lowest BCUT2D eigenvalue weighted by atomic mass is 9.97. The first-order chi connectivity index (χ1) is 20.2. The molecule has 3 aromatic rings. The number of amides is 3. The number of hydrogen-bond donors (Lipinski definition) is 4. The third-order valence-corrected chi connectivity index (χ3v) is 8.29. The minimum Gasteiger partial charge on any atom is -0.508 e. The van der Waals surface area contributed by atoms with Crippen molar-refractivity contribution in [2.45, 2.75) is 62.7 Å². The number of phenols is 1. The molecule has 10 nitrogen and oxygen atoms in total. The first-order valence-electron chi connectivity index (χ1n) is 14.4. The molecule has 42 heavy (non-hydrogen) atoms. The van der Waals surface area contributed by atoms with Crippen molar-refractivity contribution < 1.29 is 29.4 Å². The van der Waals surface area contributed by atoms with Gasteiger partial charge in [-0.1, -0.05) is 54.6 Å². The van der Waals surface area contributed by atoms with E-state index in [4.69, 9.17) is 5.73 Å². The fourth-order valence-corrected chi connectivity index (χ4v) is 6.14. The molecule has 2 saturated heterocycles. The van der Waals surface area contributed by atoms with Gasteiger partial charge in [-0.2, -0.15) is 0 Å². The van der Waals surface area contributed by atoms with Crippen LogP contribution in [0.1, 0.15) is 36.8 Å². The van der Waals surface area contributed by atoms with E-state index >= 15 is 0 Å². The highest BCUT2D eigenvalue weighted by Crippen LogP contribution is 2.25. The average molecular weight is 573 g/mol. The van der Waals surface area contributed by atoms with Crippen molar-refractivity contribution in [2.75, 3.05) is 13.1 Å². The quantitative estimate of drug-likeness (QED) is 0.307. The Morgan fingerprint density at radius 2 is 1.48 bits per heavy atom. The minimum absolute atomic E-state index is 0.117. The van der Waals surface area contributed by atoms with Crippen LogP contribution in [0.4, 0.5) is 0 Å². The third kappa shape index (κ3) is 6.23. The van der Waals surface area contributed by atoms with Crippen molar-refractivity contribution in [3.8, 4) is 5.75 Å². The minimum atomic E-state index is -1.06. The Kier molecular flexibility index (Phi) is 8.72. The molecular weight excluding hydrogens is 536 g/mol. The second kappa shape index (κ2) is 12.6. The van der Waals surface area contributed by atoms with Crippen LogP contribution in [-0.2, 0) is 32.0 Å². The number of aliphatic carboxylic acids is 1. The van der Waals surface area contributed by atoms with Crippen LogP contribution >= 0.6 is 0 Å². The Balaban J connectivity index is 1.36. The Bertz CT molecular complexity index is 1470. The molecule has 10 heteroatoms. The highest BCUT2D eigenvalue weighted by Gasteiger charge is 2.41. The normalized spacial score (nSPS) is 19.9. The van der Waals surface area contributed by atoms with Crippen LogP contribution in [0.2, 0.25) is 0 Å². The highest BCUT2D eigenvalue weighted by atomic mass is 16.4. The summed E-state index contributed by atoms with van der Waals surface area (Å²) in [5.41, 5.74) is 7.90. The maximum absolute atomic E-state index is 13.8. The molecule has 220 valence electrons. The van der Waals surface area contributed by atoms with E-state index in [-0.39, 0.29) is 24.5 Å². The van der Waals surface area contributed by atoms with Crippen LogP contribution in [0.3, 0.4) is 0 Å². The fourth-order valence-electron chi connectivity index (χ4n) is 6.14. The van der Waals surface area contributed by atoms with Crippen molar-refractivity contribution in [2.24, 2.45) is 5.73 Å². The van der Waals surface area contributed by atoms with Crippen LogP contribution in [-0.4, -0.2) is 81.0 Å². The zero-order valence-electron chi connectivity index (χ0n) is 23.3. The molecule has 3 aromatic carbocycles. The number of nitrogens with two attached hydrogens (primary N) is 1. The van der Waals surface area contributed by atoms with E-state index in [0.717, 1.165) is 21.9 Å². The second-order valence-corrected chi connectivity index (χ2v) is 11.1. The third-order valence-electron chi connectivity index (χ3n) is 8.29. The number of fused-ring (bicyclic) bond motifs is 1. The average Bonchev–Trinajstić information content (AvgIpc) is 3.68. The summed E-state index contributed by atoms with van der Waals surface area (Å²) in [4.78, 5) is 55.6. The molecular formula is C32H36N4O6. The van der Waals surface area contributed by atoms with Crippen molar-refractivity contribution in [1.29, 1.82) is 0 Å². The number of benzene rings is 3. The Hall–Kier alpha value is -4.44. The molecule has 2 heterocycles. The van der Waals surface area contributed by atoms with E-state index in [1.165, 1.54) is 21.9 Å². The van der Waals surface area contributed by atoms with Gasteiger partial charge in [-0.25, -0.2) is 4.79 Å². The van der Waals surface area contributed by atoms with Gasteiger partial charge in [-0.05, 0) is 66.1 Å². The molecule has 2 fully saturated rings. The number of rotatable bonds is 9. The topological polar surface area (TPSA) is 153 Å². The smallest absolute Gasteiger partial charge is 0.326 e. The van der Waals surface area contributed by atoms with Crippen molar-refractivity contribution in [3.63, 3.8) is 0 Å². The van der Waals surface area contributed by atoms with Gasteiger partial charge in [0.1, 0.15) is 23.9 Å². The summed E-state index contributed by atoms with van der Waals surface area (Å²) in [6.07, 6.45) is 2.40.